The fourth-order valence-electron chi connectivity index (χ4n) is 3.05. The Hall–Kier alpha value is -2.98. The van der Waals surface area contributed by atoms with Gasteiger partial charge in [0.2, 0.25) is 0 Å². The largest absolute Gasteiger partial charge is 0.332 e. The molecule has 0 saturated carbocycles. The second kappa shape index (κ2) is 9.88. The van der Waals surface area contributed by atoms with Crippen LogP contribution in [-0.4, -0.2) is 18.5 Å². The molecule has 3 N–H and O–H groups in total. The van der Waals surface area contributed by atoms with Crippen molar-refractivity contribution >= 4 is 66.8 Å². The van der Waals surface area contributed by atoms with Gasteiger partial charge in [-0.2, -0.15) is 0 Å². The summed E-state index contributed by atoms with van der Waals surface area (Å²) < 4.78 is 28.3. The highest BCUT2D eigenvalue weighted by Gasteiger charge is 2.17. The predicted molar refractivity (Wildman–Crippen MR) is 141 cm³/mol. The fourth-order valence-corrected chi connectivity index (χ4v) is 5.25. The molecular weight excluding hydrogens is 496 g/mol. The highest BCUT2D eigenvalue weighted by atomic mass is 35.5. The first-order valence-electron chi connectivity index (χ1n) is 9.78. The summed E-state index contributed by atoms with van der Waals surface area (Å²) in [6.07, 6.45) is 0. The number of halogens is 1. The predicted octanol–water partition coefficient (Wildman–Crippen LogP) is 6.38. The molecule has 0 fully saturated rings. The second-order valence-electron chi connectivity index (χ2n) is 7.09. The summed E-state index contributed by atoms with van der Waals surface area (Å²) in [5.41, 5.74) is 3.69. The number of nitrogens with zero attached hydrogens (tertiary/aromatic N) is 1. The van der Waals surface area contributed by atoms with Gasteiger partial charge in [0.05, 0.1) is 16.3 Å². The average molecular weight is 515 g/mol. The van der Waals surface area contributed by atoms with Crippen LogP contribution in [0.5, 0.6) is 0 Å². The SMILES string of the molecule is Cc1cccc(NC(=S)Nc2nc(-c3ccccc3NS(=O)(=O)c3ccc(Cl)cc3)cs2)c1. The van der Waals surface area contributed by atoms with Gasteiger partial charge in [-0.1, -0.05) is 41.9 Å². The van der Waals surface area contributed by atoms with Crippen LogP contribution in [0, 0.1) is 6.92 Å². The summed E-state index contributed by atoms with van der Waals surface area (Å²) >= 11 is 12.6. The third-order valence-electron chi connectivity index (χ3n) is 4.57. The molecule has 3 aromatic carbocycles. The Morgan fingerprint density at radius 1 is 1.00 bits per heavy atom. The normalized spacial score (nSPS) is 11.1. The Morgan fingerprint density at radius 2 is 1.76 bits per heavy atom. The van der Waals surface area contributed by atoms with Gasteiger partial charge in [0, 0.05) is 21.7 Å². The molecule has 1 aromatic heterocycles. The third kappa shape index (κ3) is 5.88. The Morgan fingerprint density at radius 3 is 2.52 bits per heavy atom. The van der Waals surface area contributed by atoms with Gasteiger partial charge in [0.1, 0.15) is 0 Å². The molecule has 0 aliphatic carbocycles. The van der Waals surface area contributed by atoms with Crippen LogP contribution in [0.15, 0.2) is 83.1 Å². The number of para-hydroxylation sites is 1. The van der Waals surface area contributed by atoms with E-state index in [2.05, 4.69) is 20.3 Å². The van der Waals surface area contributed by atoms with Gasteiger partial charge >= 0.3 is 0 Å². The van der Waals surface area contributed by atoms with E-state index in [-0.39, 0.29) is 4.90 Å². The lowest BCUT2D eigenvalue weighted by Crippen LogP contribution is -2.18. The van der Waals surface area contributed by atoms with Crippen molar-refractivity contribution in [1.29, 1.82) is 0 Å². The van der Waals surface area contributed by atoms with Crippen molar-refractivity contribution in [2.45, 2.75) is 11.8 Å². The number of anilines is 3. The van der Waals surface area contributed by atoms with E-state index >= 15 is 0 Å². The number of nitrogens with one attached hydrogen (secondary N) is 3. The molecule has 10 heteroatoms. The highest BCUT2D eigenvalue weighted by molar-refractivity contribution is 7.92. The van der Waals surface area contributed by atoms with Crippen molar-refractivity contribution in [1.82, 2.24) is 4.98 Å². The first-order valence-corrected chi connectivity index (χ1v) is 12.9. The minimum atomic E-state index is -3.79. The standard InChI is InChI=1S/C23H19ClN4O2S3/c1-15-5-4-6-17(13-15)25-22(31)27-23-26-21(14-32-23)19-7-2-3-8-20(19)28-33(29,30)18-11-9-16(24)10-12-18/h2-14,28H,1H3,(H2,25,26,27,31). The average Bonchev–Trinajstić information content (AvgIpc) is 3.22. The number of rotatable bonds is 6. The maximum Gasteiger partial charge on any atom is 0.261 e. The van der Waals surface area contributed by atoms with Crippen LogP contribution in [0.2, 0.25) is 5.02 Å². The summed E-state index contributed by atoms with van der Waals surface area (Å²) in [6, 6.07) is 20.9. The van der Waals surface area contributed by atoms with Crippen LogP contribution < -0.4 is 15.4 Å². The molecule has 0 radical (unpaired) electrons. The van der Waals surface area contributed by atoms with Gasteiger partial charge in [0.15, 0.2) is 10.2 Å². The van der Waals surface area contributed by atoms with Crippen LogP contribution in [0.3, 0.4) is 0 Å². The van der Waals surface area contributed by atoms with E-state index in [1.165, 1.54) is 35.6 Å². The number of aryl methyl sites for hydroxylation is 1. The lowest BCUT2D eigenvalue weighted by Gasteiger charge is -2.12. The van der Waals surface area contributed by atoms with E-state index in [9.17, 15) is 8.42 Å². The number of sulfonamides is 1. The number of thiocarbonyl (C=S) groups is 1. The number of thiazole rings is 1. The number of hydrogen-bond donors (Lipinski definition) is 3. The van der Waals surface area contributed by atoms with Crippen LogP contribution in [0.25, 0.3) is 11.3 Å². The minimum Gasteiger partial charge on any atom is -0.332 e. The van der Waals surface area contributed by atoms with Crippen molar-refractivity contribution in [3.63, 3.8) is 0 Å². The van der Waals surface area contributed by atoms with Gasteiger partial charge in [-0.05, 0) is 67.2 Å². The van der Waals surface area contributed by atoms with E-state index in [1.54, 1.807) is 12.1 Å². The molecule has 0 aliphatic heterocycles. The van der Waals surface area contributed by atoms with E-state index < -0.39 is 10.0 Å². The molecule has 4 aromatic rings. The summed E-state index contributed by atoms with van der Waals surface area (Å²) in [5, 5.41) is 9.51. The van der Waals surface area contributed by atoms with Gasteiger partial charge < -0.3 is 10.6 Å². The van der Waals surface area contributed by atoms with E-state index in [1.807, 2.05) is 48.7 Å². The van der Waals surface area contributed by atoms with Crippen LogP contribution in [0.1, 0.15) is 5.56 Å². The van der Waals surface area contributed by atoms with Crippen molar-refractivity contribution in [2.24, 2.45) is 0 Å². The molecular formula is C23H19ClN4O2S3. The molecule has 0 bridgehead atoms. The zero-order chi connectivity index (χ0) is 23.4. The number of hydrogen-bond acceptors (Lipinski definition) is 5. The van der Waals surface area contributed by atoms with Crippen LogP contribution in [0.4, 0.5) is 16.5 Å². The Kier molecular flexibility index (Phi) is 6.94. The molecule has 0 spiro atoms. The van der Waals surface area contributed by atoms with Gasteiger partial charge in [0.25, 0.3) is 10.0 Å². The monoisotopic (exact) mass is 514 g/mol. The molecule has 0 unspecified atom stereocenters. The molecule has 1 heterocycles. The zero-order valence-corrected chi connectivity index (χ0v) is 20.6. The molecule has 0 atom stereocenters. The van der Waals surface area contributed by atoms with Crippen molar-refractivity contribution in [3.8, 4) is 11.3 Å². The zero-order valence-electron chi connectivity index (χ0n) is 17.4. The molecule has 0 amide bonds. The summed E-state index contributed by atoms with van der Waals surface area (Å²) in [7, 11) is -3.79. The Labute approximate surface area is 206 Å². The van der Waals surface area contributed by atoms with E-state index in [4.69, 9.17) is 23.8 Å². The molecule has 0 aliphatic rings. The Bertz CT molecular complexity index is 1400. The smallest absolute Gasteiger partial charge is 0.261 e. The Balaban J connectivity index is 1.51. The van der Waals surface area contributed by atoms with Crippen molar-refractivity contribution in [3.05, 3.63) is 88.8 Å². The quantitative estimate of drug-likeness (QED) is 0.259. The van der Waals surface area contributed by atoms with Crippen molar-refractivity contribution in [2.75, 3.05) is 15.4 Å². The third-order valence-corrected chi connectivity index (χ3v) is 7.17. The second-order valence-corrected chi connectivity index (χ2v) is 10.5. The first kappa shape index (κ1) is 23.2. The van der Waals surface area contributed by atoms with Gasteiger partial charge in [-0.3, -0.25) is 4.72 Å². The van der Waals surface area contributed by atoms with Crippen LogP contribution >= 0.6 is 35.2 Å². The van der Waals surface area contributed by atoms with Gasteiger partial charge in [-0.15, -0.1) is 11.3 Å². The highest BCUT2D eigenvalue weighted by Crippen LogP contribution is 2.32. The molecule has 6 nitrogen and oxygen atoms in total. The van der Waals surface area contributed by atoms with Gasteiger partial charge in [-0.25, -0.2) is 13.4 Å². The molecule has 4 rings (SSSR count). The maximum atomic E-state index is 12.8. The summed E-state index contributed by atoms with van der Waals surface area (Å²) in [6.45, 7) is 2.01. The lowest BCUT2D eigenvalue weighted by molar-refractivity contribution is 0.601. The lowest BCUT2D eigenvalue weighted by atomic mass is 10.1. The minimum absolute atomic E-state index is 0.120. The van der Waals surface area contributed by atoms with E-state index in [0.29, 0.717) is 32.2 Å². The maximum absolute atomic E-state index is 12.8. The molecule has 0 saturated heterocycles. The first-order chi connectivity index (χ1) is 15.8. The molecule has 168 valence electrons. The summed E-state index contributed by atoms with van der Waals surface area (Å²) in [5.74, 6) is 0. The number of aromatic nitrogens is 1. The summed E-state index contributed by atoms with van der Waals surface area (Å²) in [4.78, 5) is 4.70. The van der Waals surface area contributed by atoms with Crippen molar-refractivity contribution < 1.29 is 8.42 Å². The fraction of sp³-hybridized carbons (Fsp3) is 0.0435. The molecule has 33 heavy (non-hydrogen) atoms. The number of benzene rings is 3. The topological polar surface area (TPSA) is 83.1 Å². The van der Waals surface area contributed by atoms with E-state index in [0.717, 1.165) is 11.3 Å². The van der Waals surface area contributed by atoms with Crippen LogP contribution in [-0.2, 0) is 10.0 Å².